The number of hydrogen-bond donors (Lipinski definition) is 0. The highest BCUT2D eigenvalue weighted by molar-refractivity contribution is 6.11. The van der Waals surface area contributed by atoms with Gasteiger partial charge in [0.1, 0.15) is 0 Å². The minimum absolute atomic E-state index is 0.235. The first kappa shape index (κ1) is 21.5. The van der Waals surface area contributed by atoms with E-state index in [4.69, 9.17) is 9.47 Å². The van der Waals surface area contributed by atoms with Gasteiger partial charge in [-0.05, 0) is 38.3 Å². The largest absolute Gasteiger partial charge is 0.466 e. The number of aromatic nitrogens is 1. The van der Waals surface area contributed by atoms with E-state index in [-0.39, 0.29) is 24.6 Å². The van der Waals surface area contributed by atoms with Crippen LogP contribution in [0.25, 0.3) is 0 Å². The molecule has 0 saturated heterocycles. The van der Waals surface area contributed by atoms with Crippen LogP contribution < -0.4 is 0 Å². The lowest BCUT2D eigenvalue weighted by atomic mass is 9.89. The number of unbranched alkanes of at least 4 members (excludes halogenated alkanes) is 1. The van der Waals surface area contributed by atoms with Crippen LogP contribution in [0.5, 0.6) is 0 Å². The number of carbonyl (C=O) groups is 4. The van der Waals surface area contributed by atoms with Gasteiger partial charge in [-0.3, -0.25) is 24.2 Å². The monoisotopic (exact) mass is 363 g/mol. The van der Waals surface area contributed by atoms with Crippen molar-refractivity contribution in [2.45, 2.75) is 46.5 Å². The van der Waals surface area contributed by atoms with Crippen LogP contribution >= 0.6 is 0 Å². The molecular formula is C19H25NO6. The fourth-order valence-corrected chi connectivity index (χ4v) is 2.45. The predicted molar refractivity (Wildman–Crippen MR) is 93.5 cm³/mol. The summed E-state index contributed by atoms with van der Waals surface area (Å²) < 4.78 is 9.59. The van der Waals surface area contributed by atoms with Crippen LogP contribution in [0, 0.1) is 12.8 Å². The molecule has 0 amide bonds. The lowest BCUT2D eigenvalue weighted by Crippen LogP contribution is -2.28. The smallest absolute Gasteiger partial charge is 0.305 e. The molecule has 1 unspecified atom stereocenters. The third-order valence-electron chi connectivity index (χ3n) is 3.71. The summed E-state index contributed by atoms with van der Waals surface area (Å²) in [6.07, 6.45) is 4.55. The number of ether oxygens (including phenoxy) is 2. The second kappa shape index (κ2) is 11.1. The highest BCUT2D eigenvalue weighted by atomic mass is 16.5. The molecule has 1 atom stereocenters. The first-order chi connectivity index (χ1) is 12.3. The van der Waals surface area contributed by atoms with E-state index in [9.17, 15) is 19.2 Å². The van der Waals surface area contributed by atoms with Crippen molar-refractivity contribution in [3.8, 4) is 0 Å². The number of Topliss-reactive ketones (excluding diaryl/α,β-unsaturated/α-hetero) is 2. The topological polar surface area (TPSA) is 99.6 Å². The van der Waals surface area contributed by atoms with E-state index in [1.807, 2.05) is 0 Å². The standard InChI is InChI=1S/C19H25NO6/c1-4-25-18(23)8-6-5-7-16(17(22)12-26-14(3)21)19(24)15-9-13(2)10-20-11-15/h9-11,16H,4-8,12H2,1-3H3. The summed E-state index contributed by atoms with van der Waals surface area (Å²) in [5.74, 6) is -2.62. The van der Waals surface area contributed by atoms with Gasteiger partial charge in [0, 0.05) is 31.3 Å². The third kappa shape index (κ3) is 7.55. The van der Waals surface area contributed by atoms with Crippen LogP contribution in [-0.2, 0) is 23.9 Å². The Morgan fingerprint density at radius 1 is 1.12 bits per heavy atom. The molecule has 0 aromatic carbocycles. The van der Waals surface area contributed by atoms with E-state index in [0.29, 0.717) is 25.0 Å². The Labute approximate surface area is 153 Å². The van der Waals surface area contributed by atoms with Gasteiger partial charge in [0.2, 0.25) is 0 Å². The number of esters is 2. The van der Waals surface area contributed by atoms with Crippen molar-refractivity contribution in [3.63, 3.8) is 0 Å². The van der Waals surface area contributed by atoms with E-state index >= 15 is 0 Å². The molecule has 0 N–H and O–H groups in total. The zero-order valence-electron chi connectivity index (χ0n) is 15.4. The number of aryl methyl sites for hydroxylation is 1. The van der Waals surface area contributed by atoms with Crippen LogP contribution in [0.1, 0.15) is 55.5 Å². The molecule has 142 valence electrons. The first-order valence-electron chi connectivity index (χ1n) is 8.62. The van der Waals surface area contributed by atoms with Crippen molar-refractivity contribution in [2.24, 2.45) is 5.92 Å². The molecule has 7 nitrogen and oxygen atoms in total. The van der Waals surface area contributed by atoms with Gasteiger partial charge in [0.25, 0.3) is 0 Å². The molecule has 0 bridgehead atoms. The summed E-state index contributed by atoms with van der Waals surface area (Å²) >= 11 is 0. The maximum Gasteiger partial charge on any atom is 0.305 e. The van der Waals surface area contributed by atoms with E-state index in [0.717, 1.165) is 5.56 Å². The fraction of sp³-hybridized carbons (Fsp3) is 0.526. The van der Waals surface area contributed by atoms with Crippen LogP contribution in [0.2, 0.25) is 0 Å². The first-order valence-corrected chi connectivity index (χ1v) is 8.62. The van der Waals surface area contributed by atoms with E-state index in [2.05, 4.69) is 4.98 Å². The minimum Gasteiger partial charge on any atom is -0.466 e. The Bertz CT molecular complexity index is 655. The zero-order chi connectivity index (χ0) is 19.5. The number of pyridine rings is 1. The average molecular weight is 363 g/mol. The molecule has 0 aliphatic heterocycles. The van der Waals surface area contributed by atoms with Gasteiger partial charge in [-0.2, -0.15) is 0 Å². The van der Waals surface area contributed by atoms with Gasteiger partial charge in [-0.15, -0.1) is 0 Å². The fourth-order valence-electron chi connectivity index (χ4n) is 2.45. The Balaban J connectivity index is 2.75. The molecule has 0 fully saturated rings. The Hall–Kier alpha value is -2.57. The predicted octanol–water partition coefficient (Wildman–Crippen LogP) is 2.44. The number of ketones is 2. The maximum atomic E-state index is 12.7. The molecule has 0 saturated carbocycles. The van der Waals surface area contributed by atoms with Crippen molar-refractivity contribution >= 4 is 23.5 Å². The molecule has 7 heteroatoms. The highest BCUT2D eigenvalue weighted by Gasteiger charge is 2.28. The lowest BCUT2D eigenvalue weighted by molar-refractivity contribution is -0.146. The molecule has 0 radical (unpaired) electrons. The second-order valence-electron chi connectivity index (χ2n) is 5.97. The highest BCUT2D eigenvalue weighted by Crippen LogP contribution is 2.18. The molecule has 26 heavy (non-hydrogen) atoms. The molecular weight excluding hydrogens is 338 g/mol. The molecule has 0 aliphatic rings. The summed E-state index contributed by atoms with van der Waals surface area (Å²) in [7, 11) is 0. The van der Waals surface area contributed by atoms with Crippen molar-refractivity contribution < 1.29 is 28.7 Å². The molecule has 1 heterocycles. The maximum absolute atomic E-state index is 12.7. The Morgan fingerprint density at radius 2 is 1.85 bits per heavy atom. The number of carbonyl (C=O) groups excluding carboxylic acids is 4. The quantitative estimate of drug-likeness (QED) is 0.258. The van der Waals surface area contributed by atoms with Crippen molar-refractivity contribution in [1.29, 1.82) is 0 Å². The minimum atomic E-state index is -0.930. The molecule has 0 aliphatic carbocycles. The second-order valence-corrected chi connectivity index (χ2v) is 5.97. The van der Waals surface area contributed by atoms with Crippen LogP contribution in [0.3, 0.4) is 0 Å². The van der Waals surface area contributed by atoms with Crippen LogP contribution in [0.4, 0.5) is 0 Å². The van der Waals surface area contributed by atoms with Gasteiger partial charge in [0.05, 0.1) is 12.5 Å². The van der Waals surface area contributed by atoms with Crippen molar-refractivity contribution in [2.75, 3.05) is 13.2 Å². The number of rotatable bonds is 11. The van der Waals surface area contributed by atoms with E-state index < -0.39 is 24.3 Å². The summed E-state index contributed by atoms with van der Waals surface area (Å²) in [6.45, 7) is 4.62. The number of nitrogens with zero attached hydrogens (tertiary/aromatic N) is 1. The molecule has 1 aromatic heterocycles. The molecule has 1 rings (SSSR count). The molecule has 1 aromatic rings. The van der Waals surface area contributed by atoms with E-state index in [1.54, 1.807) is 26.1 Å². The summed E-state index contributed by atoms with van der Waals surface area (Å²) in [5.41, 5.74) is 1.15. The zero-order valence-corrected chi connectivity index (χ0v) is 15.4. The van der Waals surface area contributed by atoms with Gasteiger partial charge in [-0.25, -0.2) is 0 Å². The third-order valence-corrected chi connectivity index (χ3v) is 3.71. The van der Waals surface area contributed by atoms with Gasteiger partial charge < -0.3 is 9.47 Å². The lowest BCUT2D eigenvalue weighted by Gasteiger charge is -2.15. The van der Waals surface area contributed by atoms with Crippen molar-refractivity contribution in [3.05, 3.63) is 29.6 Å². The Morgan fingerprint density at radius 3 is 2.46 bits per heavy atom. The van der Waals surface area contributed by atoms with Crippen LogP contribution in [0.15, 0.2) is 18.5 Å². The SMILES string of the molecule is CCOC(=O)CCCCC(C(=O)COC(C)=O)C(=O)c1cncc(C)c1. The Kier molecular flexibility index (Phi) is 9.19. The van der Waals surface area contributed by atoms with Gasteiger partial charge in [-0.1, -0.05) is 6.42 Å². The summed E-state index contributed by atoms with van der Waals surface area (Å²) in [5, 5.41) is 0. The normalized spacial score (nSPS) is 11.5. The van der Waals surface area contributed by atoms with Gasteiger partial charge >= 0.3 is 11.9 Å². The number of hydrogen-bond acceptors (Lipinski definition) is 7. The van der Waals surface area contributed by atoms with Crippen LogP contribution in [-0.4, -0.2) is 41.7 Å². The summed E-state index contributed by atoms with van der Waals surface area (Å²) in [6, 6.07) is 1.67. The van der Waals surface area contributed by atoms with Gasteiger partial charge in [0.15, 0.2) is 18.2 Å². The summed E-state index contributed by atoms with van der Waals surface area (Å²) in [4.78, 5) is 51.4. The molecule has 0 spiro atoms. The van der Waals surface area contributed by atoms with E-state index in [1.165, 1.54) is 13.1 Å². The van der Waals surface area contributed by atoms with Crippen molar-refractivity contribution in [1.82, 2.24) is 4.98 Å². The average Bonchev–Trinajstić information content (AvgIpc) is 2.59.